The molecule has 0 spiro atoms. The molecule has 1 aliphatic heterocycles. The van der Waals surface area contributed by atoms with Crippen LogP contribution in [-0.4, -0.2) is 43.0 Å². The molecule has 0 atom stereocenters. The van der Waals surface area contributed by atoms with Crippen LogP contribution in [0.3, 0.4) is 0 Å². The van der Waals surface area contributed by atoms with E-state index in [2.05, 4.69) is 5.32 Å². The zero-order chi connectivity index (χ0) is 14.4. The maximum atomic E-state index is 12.2. The fourth-order valence-corrected chi connectivity index (χ4v) is 2.04. The molecule has 1 aliphatic rings. The van der Waals surface area contributed by atoms with Gasteiger partial charge in [0.1, 0.15) is 0 Å². The van der Waals surface area contributed by atoms with Gasteiger partial charge in [0, 0.05) is 31.6 Å². The number of hydrogen-bond donors (Lipinski definition) is 1. The van der Waals surface area contributed by atoms with Gasteiger partial charge in [-0.2, -0.15) is 0 Å². The molecule has 2 amide bonds. The second-order valence-corrected chi connectivity index (χ2v) is 4.73. The van der Waals surface area contributed by atoms with Gasteiger partial charge >= 0.3 is 0 Å². The number of nitrogens with zero attached hydrogens (tertiary/aromatic N) is 1. The maximum absolute atomic E-state index is 12.2. The SMILES string of the molecule is CCC(=O)NCc1ccc(C(=O)N2CCOCC2)cc1. The van der Waals surface area contributed by atoms with Crippen LogP contribution in [0.1, 0.15) is 29.3 Å². The van der Waals surface area contributed by atoms with Gasteiger partial charge in [0.25, 0.3) is 5.91 Å². The highest BCUT2D eigenvalue weighted by Crippen LogP contribution is 2.09. The van der Waals surface area contributed by atoms with Gasteiger partial charge in [-0.3, -0.25) is 9.59 Å². The summed E-state index contributed by atoms with van der Waals surface area (Å²) in [6.07, 6.45) is 0.480. The van der Waals surface area contributed by atoms with Gasteiger partial charge in [-0.05, 0) is 17.7 Å². The van der Waals surface area contributed by atoms with Crippen LogP contribution in [0.5, 0.6) is 0 Å². The Morgan fingerprint density at radius 1 is 1.20 bits per heavy atom. The predicted molar refractivity (Wildman–Crippen MR) is 75.3 cm³/mol. The Morgan fingerprint density at radius 3 is 2.45 bits per heavy atom. The molecule has 1 aromatic rings. The van der Waals surface area contributed by atoms with Crippen LogP contribution in [0, 0.1) is 0 Å². The van der Waals surface area contributed by atoms with Crippen molar-refractivity contribution in [3.8, 4) is 0 Å². The molecule has 20 heavy (non-hydrogen) atoms. The number of ether oxygens (including phenoxy) is 1. The van der Waals surface area contributed by atoms with Crippen LogP contribution in [0.15, 0.2) is 24.3 Å². The van der Waals surface area contributed by atoms with Crippen molar-refractivity contribution in [1.82, 2.24) is 10.2 Å². The third-order valence-corrected chi connectivity index (χ3v) is 3.31. The number of carbonyl (C=O) groups is 2. The first-order valence-electron chi connectivity index (χ1n) is 6.93. The summed E-state index contributed by atoms with van der Waals surface area (Å²) in [5.74, 6) is 0.0657. The third kappa shape index (κ3) is 3.81. The molecule has 1 saturated heterocycles. The minimum atomic E-state index is 0.0264. The summed E-state index contributed by atoms with van der Waals surface area (Å²) in [6.45, 7) is 4.82. The molecule has 5 heteroatoms. The highest BCUT2D eigenvalue weighted by molar-refractivity contribution is 5.94. The zero-order valence-electron chi connectivity index (χ0n) is 11.7. The lowest BCUT2D eigenvalue weighted by Crippen LogP contribution is -2.40. The second-order valence-electron chi connectivity index (χ2n) is 4.73. The van der Waals surface area contributed by atoms with E-state index in [0.29, 0.717) is 44.8 Å². The predicted octanol–water partition coefficient (Wildman–Crippen LogP) is 1.19. The molecule has 0 aromatic heterocycles. The van der Waals surface area contributed by atoms with Crippen LogP contribution in [0.25, 0.3) is 0 Å². The average Bonchev–Trinajstić information content (AvgIpc) is 2.53. The minimum Gasteiger partial charge on any atom is -0.378 e. The van der Waals surface area contributed by atoms with Crippen LogP contribution in [0.4, 0.5) is 0 Å². The molecule has 5 nitrogen and oxygen atoms in total. The van der Waals surface area contributed by atoms with Crippen LogP contribution < -0.4 is 5.32 Å². The first kappa shape index (κ1) is 14.5. The largest absolute Gasteiger partial charge is 0.378 e. The first-order chi connectivity index (χ1) is 9.70. The number of nitrogens with one attached hydrogen (secondary N) is 1. The molecule has 2 rings (SSSR count). The summed E-state index contributed by atoms with van der Waals surface area (Å²) in [7, 11) is 0. The molecule has 108 valence electrons. The van der Waals surface area contributed by atoms with Crippen LogP contribution >= 0.6 is 0 Å². The zero-order valence-corrected chi connectivity index (χ0v) is 11.7. The van der Waals surface area contributed by atoms with E-state index < -0.39 is 0 Å². The van der Waals surface area contributed by atoms with E-state index in [0.717, 1.165) is 5.56 Å². The molecule has 0 aliphatic carbocycles. The molecular formula is C15H20N2O3. The van der Waals surface area contributed by atoms with Crippen molar-refractivity contribution in [2.24, 2.45) is 0 Å². The van der Waals surface area contributed by atoms with E-state index in [4.69, 9.17) is 4.74 Å². The third-order valence-electron chi connectivity index (χ3n) is 3.31. The van der Waals surface area contributed by atoms with Gasteiger partial charge < -0.3 is 15.0 Å². The minimum absolute atomic E-state index is 0.0264. The number of carbonyl (C=O) groups excluding carboxylic acids is 2. The van der Waals surface area contributed by atoms with E-state index in [1.165, 1.54) is 0 Å². The summed E-state index contributed by atoms with van der Waals surface area (Å²) in [5.41, 5.74) is 1.67. The molecule has 0 radical (unpaired) electrons. The van der Waals surface area contributed by atoms with Crippen molar-refractivity contribution < 1.29 is 14.3 Å². The normalized spacial score (nSPS) is 14.9. The second kappa shape index (κ2) is 7.05. The Labute approximate surface area is 118 Å². The lowest BCUT2D eigenvalue weighted by Gasteiger charge is -2.26. The molecule has 1 fully saturated rings. The number of amides is 2. The Balaban J connectivity index is 1.93. The Bertz CT molecular complexity index is 465. The molecule has 1 aromatic carbocycles. The summed E-state index contributed by atoms with van der Waals surface area (Å²) in [5, 5.41) is 2.81. The molecule has 0 bridgehead atoms. The van der Waals surface area contributed by atoms with Crippen molar-refractivity contribution >= 4 is 11.8 Å². The van der Waals surface area contributed by atoms with Gasteiger partial charge in [-0.1, -0.05) is 19.1 Å². The Morgan fingerprint density at radius 2 is 1.85 bits per heavy atom. The number of rotatable bonds is 4. The van der Waals surface area contributed by atoms with Crippen molar-refractivity contribution in [3.05, 3.63) is 35.4 Å². The van der Waals surface area contributed by atoms with E-state index in [-0.39, 0.29) is 11.8 Å². The summed E-state index contributed by atoms with van der Waals surface area (Å²) in [6, 6.07) is 7.38. The standard InChI is InChI=1S/C15H20N2O3/c1-2-14(18)16-11-12-3-5-13(6-4-12)15(19)17-7-9-20-10-8-17/h3-6H,2,7-11H2,1H3,(H,16,18). The summed E-state index contributed by atoms with van der Waals surface area (Å²) in [4.78, 5) is 25.2. The fourth-order valence-electron chi connectivity index (χ4n) is 2.04. The number of benzene rings is 1. The van der Waals surface area contributed by atoms with Crippen molar-refractivity contribution in [1.29, 1.82) is 0 Å². The lowest BCUT2D eigenvalue weighted by atomic mass is 10.1. The van der Waals surface area contributed by atoms with E-state index >= 15 is 0 Å². The topological polar surface area (TPSA) is 58.6 Å². The monoisotopic (exact) mass is 276 g/mol. The van der Waals surface area contributed by atoms with Gasteiger partial charge in [0.05, 0.1) is 13.2 Å². The Hall–Kier alpha value is -1.88. The fraction of sp³-hybridized carbons (Fsp3) is 0.467. The van der Waals surface area contributed by atoms with E-state index in [9.17, 15) is 9.59 Å². The molecule has 0 unspecified atom stereocenters. The van der Waals surface area contributed by atoms with Gasteiger partial charge in [0.15, 0.2) is 0 Å². The van der Waals surface area contributed by atoms with Crippen molar-refractivity contribution in [2.45, 2.75) is 19.9 Å². The summed E-state index contributed by atoms with van der Waals surface area (Å²) >= 11 is 0. The van der Waals surface area contributed by atoms with Crippen molar-refractivity contribution in [2.75, 3.05) is 26.3 Å². The average molecular weight is 276 g/mol. The highest BCUT2D eigenvalue weighted by atomic mass is 16.5. The van der Waals surface area contributed by atoms with Crippen LogP contribution in [0.2, 0.25) is 0 Å². The van der Waals surface area contributed by atoms with E-state index in [1.807, 2.05) is 31.2 Å². The molecular weight excluding hydrogens is 256 g/mol. The van der Waals surface area contributed by atoms with Crippen molar-refractivity contribution in [3.63, 3.8) is 0 Å². The van der Waals surface area contributed by atoms with Gasteiger partial charge in [-0.25, -0.2) is 0 Å². The lowest BCUT2D eigenvalue weighted by molar-refractivity contribution is -0.120. The Kier molecular flexibility index (Phi) is 5.12. The molecule has 0 saturated carbocycles. The maximum Gasteiger partial charge on any atom is 0.254 e. The highest BCUT2D eigenvalue weighted by Gasteiger charge is 2.18. The molecule has 1 heterocycles. The first-order valence-corrected chi connectivity index (χ1v) is 6.93. The number of morpholine rings is 1. The van der Waals surface area contributed by atoms with Gasteiger partial charge in [-0.15, -0.1) is 0 Å². The van der Waals surface area contributed by atoms with E-state index in [1.54, 1.807) is 4.90 Å². The smallest absolute Gasteiger partial charge is 0.254 e. The number of hydrogen-bond acceptors (Lipinski definition) is 3. The summed E-state index contributed by atoms with van der Waals surface area (Å²) < 4.78 is 5.24. The molecule has 1 N–H and O–H groups in total. The van der Waals surface area contributed by atoms with Gasteiger partial charge in [0.2, 0.25) is 5.91 Å². The quantitative estimate of drug-likeness (QED) is 0.898. The van der Waals surface area contributed by atoms with Crippen LogP contribution in [-0.2, 0) is 16.1 Å².